The number of rotatable bonds is 8. The molecule has 0 bridgehead atoms. The van der Waals surface area contributed by atoms with Gasteiger partial charge in [0.25, 0.3) is 0 Å². The van der Waals surface area contributed by atoms with Crippen LogP contribution < -0.4 is 22.2 Å². The highest BCUT2D eigenvalue weighted by molar-refractivity contribution is 5.99. The Balaban J connectivity index is 1.65. The first kappa shape index (κ1) is 27.6. The van der Waals surface area contributed by atoms with E-state index >= 15 is 0 Å². The molecule has 3 atom stereocenters. The number of nitrogens with two attached hydrogens (primary N) is 2. The molecule has 1 fully saturated rings. The lowest BCUT2D eigenvalue weighted by Gasteiger charge is -2.25. The Bertz CT molecular complexity index is 1720. The standard InChI is InChI=1S/C31H32FN9/c1-31(2,3)17-39-29-19(14-34)15-38-28-18(13-33)10-20(11-23(28)29)40-30(25(35)16-41(36)27-12-24(27)32)22-6-4-8-26-21(22)7-5-9-37-26/h4-11,15-16,24,27,30,40H,12,17,35-36H2,1-3H3,(H,38,39)/b25-16-/t24-,27+,30-/m0/s1. The van der Waals surface area contributed by atoms with E-state index in [4.69, 9.17) is 11.6 Å². The van der Waals surface area contributed by atoms with Crippen molar-refractivity contribution in [1.29, 1.82) is 10.5 Å². The quantitative estimate of drug-likeness (QED) is 0.171. The van der Waals surface area contributed by atoms with Gasteiger partial charge in [-0.1, -0.05) is 39.0 Å². The van der Waals surface area contributed by atoms with Gasteiger partial charge in [0.1, 0.15) is 18.3 Å². The number of alkyl halides is 1. The third-order valence-electron chi connectivity index (χ3n) is 7.00. The summed E-state index contributed by atoms with van der Waals surface area (Å²) in [4.78, 5) is 8.92. The summed E-state index contributed by atoms with van der Waals surface area (Å²) in [6.45, 7) is 6.88. The predicted molar refractivity (Wildman–Crippen MR) is 159 cm³/mol. The van der Waals surface area contributed by atoms with Crippen LogP contribution in [-0.4, -0.2) is 33.7 Å². The Labute approximate surface area is 238 Å². The molecule has 1 saturated carbocycles. The summed E-state index contributed by atoms with van der Waals surface area (Å²) in [5.74, 6) is 6.14. The molecule has 9 nitrogen and oxygen atoms in total. The molecule has 208 valence electrons. The van der Waals surface area contributed by atoms with Crippen LogP contribution in [0.15, 0.2) is 66.8 Å². The Hall–Kier alpha value is -4.93. The van der Waals surface area contributed by atoms with E-state index in [1.807, 2.05) is 36.4 Å². The van der Waals surface area contributed by atoms with E-state index in [-0.39, 0.29) is 5.41 Å². The van der Waals surface area contributed by atoms with E-state index in [1.54, 1.807) is 18.5 Å². The highest BCUT2D eigenvalue weighted by atomic mass is 19.1. The van der Waals surface area contributed by atoms with Gasteiger partial charge in [0.2, 0.25) is 0 Å². The molecule has 0 radical (unpaired) electrons. The third-order valence-corrected chi connectivity index (χ3v) is 7.00. The molecular formula is C31H32FN9. The van der Waals surface area contributed by atoms with Gasteiger partial charge in [-0.05, 0) is 35.2 Å². The molecule has 0 saturated heterocycles. The lowest BCUT2D eigenvalue weighted by Crippen LogP contribution is -2.32. The summed E-state index contributed by atoms with van der Waals surface area (Å²) < 4.78 is 13.7. The Morgan fingerprint density at radius 1 is 1.15 bits per heavy atom. The van der Waals surface area contributed by atoms with E-state index in [1.165, 1.54) is 11.2 Å². The smallest absolute Gasteiger partial charge is 0.124 e. The molecule has 2 heterocycles. The van der Waals surface area contributed by atoms with E-state index < -0.39 is 18.3 Å². The second kappa shape index (κ2) is 10.9. The maximum atomic E-state index is 13.7. The molecule has 2 aromatic heterocycles. The topological polar surface area (TPSA) is 153 Å². The van der Waals surface area contributed by atoms with Gasteiger partial charge in [0.15, 0.2) is 0 Å². The first-order chi connectivity index (χ1) is 19.6. The van der Waals surface area contributed by atoms with Gasteiger partial charge >= 0.3 is 0 Å². The monoisotopic (exact) mass is 549 g/mol. The largest absolute Gasteiger partial charge is 0.399 e. The van der Waals surface area contributed by atoms with Crippen LogP contribution in [0.1, 0.15) is 49.9 Å². The highest BCUT2D eigenvalue weighted by Crippen LogP contribution is 2.36. The summed E-state index contributed by atoms with van der Waals surface area (Å²) >= 11 is 0. The van der Waals surface area contributed by atoms with Crippen LogP contribution >= 0.6 is 0 Å². The number of hydrazine groups is 1. The van der Waals surface area contributed by atoms with Crippen molar-refractivity contribution in [1.82, 2.24) is 15.0 Å². The van der Waals surface area contributed by atoms with Gasteiger partial charge in [-0.3, -0.25) is 9.97 Å². The zero-order valence-electron chi connectivity index (χ0n) is 23.2. The lowest BCUT2D eigenvalue weighted by atomic mass is 9.96. The second-order valence-electron chi connectivity index (χ2n) is 11.5. The molecule has 4 aromatic rings. The second-order valence-corrected chi connectivity index (χ2v) is 11.5. The van der Waals surface area contributed by atoms with Crippen molar-refractivity contribution < 1.29 is 4.39 Å². The van der Waals surface area contributed by atoms with Crippen LogP contribution in [0, 0.1) is 28.1 Å². The number of pyridine rings is 2. The first-order valence-corrected chi connectivity index (χ1v) is 13.3. The maximum Gasteiger partial charge on any atom is 0.124 e. The zero-order chi connectivity index (χ0) is 29.3. The molecule has 5 rings (SSSR count). The van der Waals surface area contributed by atoms with E-state index in [0.717, 1.165) is 16.5 Å². The highest BCUT2D eigenvalue weighted by Gasteiger charge is 2.41. The molecule has 6 N–H and O–H groups in total. The fourth-order valence-corrected chi connectivity index (χ4v) is 4.79. The van der Waals surface area contributed by atoms with Crippen molar-refractivity contribution >= 4 is 33.2 Å². The number of nitriles is 2. The van der Waals surface area contributed by atoms with Crippen LogP contribution in [0.3, 0.4) is 0 Å². The zero-order valence-corrected chi connectivity index (χ0v) is 23.2. The van der Waals surface area contributed by atoms with Gasteiger partial charge < -0.3 is 21.4 Å². The van der Waals surface area contributed by atoms with Crippen molar-refractivity contribution in [3.63, 3.8) is 0 Å². The lowest BCUT2D eigenvalue weighted by molar-refractivity contribution is 0.324. The van der Waals surface area contributed by atoms with Crippen LogP contribution in [0.2, 0.25) is 0 Å². The van der Waals surface area contributed by atoms with Gasteiger partial charge in [-0.2, -0.15) is 10.5 Å². The summed E-state index contributed by atoms with van der Waals surface area (Å²) in [6.07, 6.45) is 4.12. The van der Waals surface area contributed by atoms with E-state index in [2.05, 4.69) is 53.5 Å². The Morgan fingerprint density at radius 3 is 2.59 bits per heavy atom. The number of aromatic nitrogens is 2. The molecule has 0 spiro atoms. The van der Waals surface area contributed by atoms with Crippen molar-refractivity contribution in [2.45, 2.75) is 45.4 Å². The average Bonchev–Trinajstić information content (AvgIpc) is 3.69. The number of halogens is 1. The molecule has 10 heteroatoms. The number of hydrogen-bond donors (Lipinski definition) is 4. The SMILES string of the molecule is CC(C)(C)CNc1c(C#N)cnc2c(C#N)cc(N[C@H](/C(N)=C/N(N)[C@@H]3C[C@@H]3F)c3cccc4ncccc34)cc12. The fourth-order valence-electron chi connectivity index (χ4n) is 4.79. The minimum Gasteiger partial charge on any atom is -0.399 e. The van der Waals surface area contributed by atoms with Crippen LogP contribution in [0.5, 0.6) is 0 Å². The molecule has 0 amide bonds. The summed E-state index contributed by atoms with van der Waals surface area (Å²) in [7, 11) is 0. The number of benzene rings is 2. The van der Waals surface area contributed by atoms with Crippen molar-refractivity contribution in [2.75, 3.05) is 17.2 Å². The number of anilines is 2. The Morgan fingerprint density at radius 2 is 1.90 bits per heavy atom. The summed E-state index contributed by atoms with van der Waals surface area (Å²) in [5, 5.41) is 29.6. The number of fused-ring (bicyclic) bond motifs is 2. The molecule has 0 unspecified atom stereocenters. The van der Waals surface area contributed by atoms with Crippen LogP contribution in [0.25, 0.3) is 21.8 Å². The number of nitrogens with zero attached hydrogens (tertiary/aromatic N) is 5. The van der Waals surface area contributed by atoms with Crippen molar-refractivity contribution in [3.8, 4) is 12.1 Å². The minimum atomic E-state index is -0.989. The van der Waals surface area contributed by atoms with Gasteiger partial charge in [0.05, 0.1) is 45.6 Å². The van der Waals surface area contributed by atoms with Crippen LogP contribution in [0.4, 0.5) is 15.8 Å². The third kappa shape index (κ3) is 5.84. The predicted octanol–water partition coefficient (Wildman–Crippen LogP) is 5.22. The number of nitrogens with one attached hydrogen (secondary N) is 2. The van der Waals surface area contributed by atoms with Crippen molar-refractivity contribution in [2.24, 2.45) is 17.0 Å². The molecule has 41 heavy (non-hydrogen) atoms. The normalized spacial score (nSPS) is 17.5. The van der Waals surface area contributed by atoms with Crippen molar-refractivity contribution in [3.05, 3.63) is 83.4 Å². The van der Waals surface area contributed by atoms with Gasteiger partial charge in [0, 0.05) is 48.0 Å². The maximum absolute atomic E-state index is 13.7. The molecule has 0 aliphatic heterocycles. The Kier molecular flexibility index (Phi) is 7.36. The van der Waals surface area contributed by atoms with E-state index in [0.29, 0.717) is 52.1 Å². The summed E-state index contributed by atoms with van der Waals surface area (Å²) in [6, 6.07) is 16.5. The molecule has 2 aromatic carbocycles. The van der Waals surface area contributed by atoms with E-state index in [9.17, 15) is 14.9 Å². The van der Waals surface area contributed by atoms with Gasteiger partial charge in [-0.25, -0.2) is 10.2 Å². The van der Waals surface area contributed by atoms with Gasteiger partial charge in [-0.15, -0.1) is 0 Å². The molecule has 1 aliphatic carbocycles. The minimum absolute atomic E-state index is 0.0583. The fraction of sp³-hybridized carbons (Fsp3) is 0.290. The molecule has 1 aliphatic rings. The molecular weight excluding hydrogens is 517 g/mol. The number of hydrogen-bond acceptors (Lipinski definition) is 9. The summed E-state index contributed by atoms with van der Waals surface area (Å²) in [5.41, 5.74) is 11.0. The van der Waals surface area contributed by atoms with Crippen LogP contribution in [-0.2, 0) is 0 Å². The first-order valence-electron chi connectivity index (χ1n) is 13.3. The average molecular weight is 550 g/mol.